The topological polar surface area (TPSA) is 87.6 Å². The molecule has 0 aliphatic carbocycles. The highest BCUT2D eigenvalue weighted by atomic mass is 16.4. The minimum absolute atomic E-state index is 0.00560. The van der Waals surface area contributed by atoms with Crippen molar-refractivity contribution in [1.29, 1.82) is 0 Å². The number of hydrogen-bond donors (Lipinski definition) is 2. The smallest absolute Gasteiger partial charge is 0.192 e. The van der Waals surface area contributed by atoms with Gasteiger partial charge in [-0.1, -0.05) is 25.9 Å². The summed E-state index contributed by atoms with van der Waals surface area (Å²) in [6.45, 7) is 8.71. The minimum Gasteiger partial charge on any atom is -0.409 e. The summed E-state index contributed by atoms with van der Waals surface area (Å²) in [5.41, 5.74) is 6.45. The van der Waals surface area contributed by atoms with Gasteiger partial charge in [0.15, 0.2) is 17.3 Å². The Morgan fingerprint density at radius 2 is 1.90 bits per heavy atom. The molecule has 20 heavy (non-hydrogen) atoms. The van der Waals surface area contributed by atoms with Gasteiger partial charge in [-0.15, -0.1) is 0 Å². The zero-order chi connectivity index (χ0) is 14.8. The van der Waals surface area contributed by atoms with Gasteiger partial charge in [0.05, 0.1) is 0 Å². The van der Waals surface area contributed by atoms with Crippen molar-refractivity contribution in [2.24, 2.45) is 22.2 Å². The van der Waals surface area contributed by atoms with Gasteiger partial charge < -0.3 is 15.8 Å². The third-order valence-corrected chi connectivity index (χ3v) is 4.05. The number of hydrogen-bond acceptors (Lipinski definition) is 5. The number of nitrogens with zero attached hydrogens (tertiary/aromatic N) is 4. The van der Waals surface area contributed by atoms with Crippen molar-refractivity contribution in [1.82, 2.24) is 9.97 Å². The number of anilines is 1. The van der Waals surface area contributed by atoms with E-state index >= 15 is 0 Å². The lowest BCUT2D eigenvalue weighted by molar-refractivity contribution is 0.198. The molecular weight excluding hydrogens is 254 g/mol. The molecule has 6 heteroatoms. The molecule has 0 unspecified atom stereocenters. The normalized spacial score (nSPS) is 18.4. The van der Waals surface area contributed by atoms with Crippen molar-refractivity contribution < 1.29 is 5.21 Å². The van der Waals surface area contributed by atoms with Crippen LogP contribution in [0.4, 0.5) is 5.82 Å². The maximum absolute atomic E-state index is 8.84. The van der Waals surface area contributed by atoms with Crippen molar-refractivity contribution in [3.63, 3.8) is 0 Å². The number of rotatable bonds is 2. The third-order valence-electron chi connectivity index (χ3n) is 4.05. The summed E-state index contributed by atoms with van der Waals surface area (Å²) >= 11 is 0. The highest BCUT2D eigenvalue weighted by Gasteiger charge is 2.30. The molecule has 1 aromatic rings. The number of amidine groups is 1. The average molecular weight is 277 g/mol. The first-order valence-corrected chi connectivity index (χ1v) is 6.97. The monoisotopic (exact) mass is 277 g/mol. The number of piperidine rings is 1. The fourth-order valence-corrected chi connectivity index (χ4v) is 2.75. The Morgan fingerprint density at radius 1 is 1.30 bits per heavy atom. The van der Waals surface area contributed by atoms with Crippen LogP contribution in [0.5, 0.6) is 0 Å². The molecule has 2 heterocycles. The van der Waals surface area contributed by atoms with Crippen molar-refractivity contribution in [3.05, 3.63) is 18.1 Å². The van der Waals surface area contributed by atoms with Crippen LogP contribution in [0.1, 0.15) is 39.3 Å². The van der Waals surface area contributed by atoms with E-state index in [1.54, 1.807) is 12.4 Å². The highest BCUT2D eigenvalue weighted by molar-refractivity contribution is 5.99. The van der Waals surface area contributed by atoms with Crippen LogP contribution >= 0.6 is 0 Å². The van der Waals surface area contributed by atoms with E-state index in [4.69, 9.17) is 10.9 Å². The molecule has 1 fully saturated rings. The van der Waals surface area contributed by atoms with Gasteiger partial charge in [-0.05, 0) is 24.2 Å². The third kappa shape index (κ3) is 3.00. The van der Waals surface area contributed by atoms with E-state index in [1.165, 1.54) is 0 Å². The highest BCUT2D eigenvalue weighted by Crippen LogP contribution is 2.35. The van der Waals surface area contributed by atoms with Crippen molar-refractivity contribution in [2.75, 3.05) is 18.0 Å². The SMILES string of the molecule is CC(C)(C)C1CCN(c2nccnc2C(N)=NO)CC1. The molecule has 0 radical (unpaired) electrons. The molecule has 0 spiro atoms. The van der Waals surface area contributed by atoms with Crippen LogP contribution in [0.3, 0.4) is 0 Å². The maximum Gasteiger partial charge on any atom is 0.192 e. The van der Waals surface area contributed by atoms with Crippen LogP contribution in [0.15, 0.2) is 17.5 Å². The van der Waals surface area contributed by atoms with Crippen molar-refractivity contribution in [3.8, 4) is 0 Å². The molecule has 1 aliphatic heterocycles. The largest absolute Gasteiger partial charge is 0.409 e. The first-order valence-electron chi connectivity index (χ1n) is 6.97. The molecular formula is C14H23N5O. The van der Waals surface area contributed by atoms with E-state index in [0.29, 0.717) is 22.8 Å². The van der Waals surface area contributed by atoms with Gasteiger partial charge in [0.25, 0.3) is 0 Å². The summed E-state index contributed by atoms with van der Waals surface area (Å²) in [6, 6.07) is 0. The summed E-state index contributed by atoms with van der Waals surface area (Å²) in [5.74, 6) is 1.42. The summed E-state index contributed by atoms with van der Waals surface area (Å²) in [4.78, 5) is 10.7. The molecule has 0 bridgehead atoms. The fraction of sp³-hybridized carbons (Fsp3) is 0.643. The standard InChI is InChI=1S/C14H23N5O/c1-14(2,3)10-4-8-19(9-5-10)13-11(12(15)18-20)16-6-7-17-13/h6-7,10,20H,4-5,8-9H2,1-3H3,(H2,15,18). The second-order valence-corrected chi connectivity index (χ2v) is 6.34. The predicted octanol–water partition coefficient (Wildman–Crippen LogP) is 1.83. The molecule has 0 amide bonds. The van der Waals surface area contributed by atoms with Gasteiger partial charge in [0.1, 0.15) is 0 Å². The Morgan fingerprint density at radius 3 is 2.45 bits per heavy atom. The van der Waals surface area contributed by atoms with Crippen LogP contribution in [0.25, 0.3) is 0 Å². The molecule has 0 atom stereocenters. The number of oxime groups is 1. The summed E-state index contributed by atoms with van der Waals surface area (Å²) in [5, 5.41) is 11.9. The average Bonchev–Trinajstić information content (AvgIpc) is 2.45. The van der Waals surface area contributed by atoms with E-state index < -0.39 is 0 Å². The van der Waals surface area contributed by atoms with Crippen LogP contribution in [-0.2, 0) is 0 Å². The Bertz CT molecular complexity index is 487. The van der Waals surface area contributed by atoms with E-state index in [1.807, 2.05) is 0 Å². The molecule has 1 saturated heterocycles. The van der Waals surface area contributed by atoms with Gasteiger partial charge in [-0.2, -0.15) is 0 Å². The zero-order valence-corrected chi connectivity index (χ0v) is 12.4. The number of nitrogens with two attached hydrogens (primary N) is 1. The second-order valence-electron chi connectivity index (χ2n) is 6.34. The lowest BCUT2D eigenvalue weighted by Gasteiger charge is -2.39. The van der Waals surface area contributed by atoms with Gasteiger partial charge in [-0.3, -0.25) is 0 Å². The zero-order valence-electron chi connectivity index (χ0n) is 12.4. The molecule has 1 aliphatic rings. The van der Waals surface area contributed by atoms with E-state index in [9.17, 15) is 0 Å². The van der Waals surface area contributed by atoms with E-state index in [-0.39, 0.29) is 5.84 Å². The van der Waals surface area contributed by atoms with E-state index in [2.05, 4.69) is 40.8 Å². The van der Waals surface area contributed by atoms with Crippen molar-refractivity contribution in [2.45, 2.75) is 33.6 Å². The quantitative estimate of drug-likeness (QED) is 0.373. The van der Waals surface area contributed by atoms with Crippen LogP contribution < -0.4 is 10.6 Å². The Hall–Kier alpha value is -1.85. The lowest BCUT2D eigenvalue weighted by atomic mass is 9.75. The summed E-state index contributed by atoms with van der Waals surface area (Å²) < 4.78 is 0. The summed E-state index contributed by atoms with van der Waals surface area (Å²) in [7, 11) is 0. The van der Waals surface area contributed by atoms with Gasteiger partial charge in [-0.25, -0.2) is 9.97 Å². The number of aromatic nitrogens is 2. The lowest BCUT2D eigenvalue weighted by Crippen LogP contribution is -2.39. The Labute approximate surface area is 119 Å². The molecule has 0 saturated carbocycles. The second kappa shape index (κ2) is 5.64. The molecule has 0 aromatic carbocycles. The molecule has 6 nitrogen and oxygen atoms in total. The Balaban J connectivity index is 2.15. The molecule has 110 valence electrons. The first kappa shape index (κ1) is 14.6. The minimum atomic E-state index is 0.00560. The van der Waals surface area contributed by atoms with Crippen LogP contribution in [0, 0.1) is 11.3 Å². The molecule has 3 N–H and O–H groups in total. The van der Waals surface area contributed by atoms with Crippen molar-refractivity contribution >= 4 is 11.7 Å². The van der Waals surface area contributed by atoms with Crippen LogP contribution in [-0.4, -0.2) is 34.1 Å². The maximum atomic E-state index is 8.84. The molecule has 2 rings (SSSR count). The van der Waals surface area contributed by atoms with Gasteiger partial charge >= 0.3 is 0 Å². The Kier molecular flexibility index (Phi) is 4.11. The van der Waals surface area contributed by atoms with E-state index in [0.717, 1.165) is 25.9 Å². The van der Waals surface area contributed by atoms with Crippen LogP contribution in [0.2, 0.25) is 0 Å². The van der Waals surface area contributed by atoms with Gasteiger partial charge in [0.2, 0.25) is 0 Å². The van der Waals surface area contributed by atoms with Gasteiger partial charge in [0, 0.05) is 25.5 Å². The first-order chi connectivity index (χ1) is 9.43. The fourth-order valence-electron chi connectivity index (χ4n) is 2.75. The predicted molar refractivity (Wildman–Crippen MR) is 78.9 cm³/mol. The summed E-state index contributed by atoms with van der Waals surface area (Å²) in [6.07, 6.45) is 5.43. The molecule has 1 aromatic heterocycles.